The maximum atomic E-state index is 13.7. The number of piperazine rings is 1. The largest absolute Gasteiger partial charge is 0.483 e. The predicted octanol–water partition coefficient (Wildman–Crippen LogP) is 4.79. The first-order valence-corrected chi connectivity index (χ1v) is 13.2. The zero-order chi connectivity index (χ0) is 28.3. The summed E-state index contributed by atoms with van der Waals surface area (Å²) in [5, 5.41) is 5.75. The minimum absolute atomic E-state index is 0.0782. The van der Waals surface area contributed by atoms with Crippen LogP contribution in [0.1, 0.15) is 34.0 Å². The SMILES string of the molecule is CCN1CCN(Cc2cc(NC(=O)c3ccc(C)c(Oc4ncnc5c4OCCN5)c3)cc(C(F)(F)F)c2)CC1. The Hall–Kier alpha value is -3.90. The maximum Gasteiger partial charge on any atom is 0.416 e. The van der Waals surface area contributed by atoms with Crippen molar-refractivity contribution >= 4 is 17.4 Å². The smallest absolute Gasteiger partial charge is 0.416 e. The van der Waals surface area contributed by atoms with E-state index < -0.39 is 17.6 Å². The van der Waals surface area contributed by atoms with Crippen LogP contribution in [0.15, 0.2) is 42.7 Å². The number of rotatable bonds is 7. The van der Waals surface area contributed by atoms with Crippen LogP contribution in [0, 0.1) is 6.92 Å². The highest BCUT2D eigenvalue weighted by Gasteiger charge is 2.32. The Morgan fingerprint density at radius 2 is 1.88 bits per heavy atom. The summed E-state index contributed by atoms with van der Waals surface area (Å²) in [6.45, 7) is 9.53. The minimum Gasteiger partial charge on any atom is -0.483 e. The summed E-state index contributed by atoms with van der Waals surface area (Å²) in [5.41, 5.74) is 0.719. The lowest BCUT2D eigenvalue weighted by Gasteiger charge is -2.34. The summed E-state index contributed by atoms with van der Waals surface area (Å²) in [6, 6.07) is 8.52. The van der Waals surface area contributed by atoms with Crippen LogP contribution < -0.4 is 20.1 Å². The second-order valence-electron chi connectivity index (χ2n) is 9.80. The number of likely N-dealkylation sites (N-methyl/N-ethyl adjacent to an activating group) is 1. The molecule has 3 heterocycles. The molecular weight excluding hydrogens is 525 g/mol. The molecule has 0 aliphatic carbocycles. The van der Waals surface area contributed by atoms with Gasteiger partial charge < -0.3 is 25.0 Å². The monoisotopic (exact) mass is 556 g/mol. The molecule has 0 saturated carbocycles. The topological polar surface area (TPSA) is 91.9 Å². The normalized spacial score (nSPS) is 16.0. The van der Waals surface area contributed by atoms with Crippen LogP contribution in [-0.4, -0.2) is 71.6 Å². The van der Waals surface area contributed by atoms with E-state index in [2.05, 4.69) is 37.3 Å². The van der Waals surface area contributed by atoms with Gasteiger partial charge in [-0.2, -0.15) is 18.2 Å². The number of nitrogens with one attached hydrogen (secondary N) is 2. The van der Waals surface area contributed by atoms with E-state index in [0.29, 0.717) is 42.6 Å². The van der Waals surface area contributed by atoms with Crippen molar-refractivity contribution < 1.29 is 27.4 Å². The highest BCUT2D eigenvalue weighted by Crippen LogP contribution is 2.37. The molecule has 9 nitrogen and oxygen atoms in total. The molecule has 1 saturated heterocycles. The number of hydrogen-bond acceptors (Lipinski definition) is 8. The van der Waals surface area contributed by atoms with Crippen molar-refractivity contribution in [1.82, 2.24) is 19.8 Å². The standard InChI is InChI=1S/C28H31F3N6O3/c1-3-36-7-9-37(10-8-36)16-19-12-21(28(29,30)31)15-22(13-19)35-26(38)20-5-4-18(2)23(14-20)40-27-24-25(33-17-34-27)32-6-11-39-24/h4-5,12-15,17H,3,6-11,16H2,1-2H3,(H,35,38)(H,32,33,34). The minimum atomic E-state index is -4.55. The number of benzene rings is 2. The van der Waals surface area contributed by atoms with E-state index in [9.17, 15) is 18.0 Å². The van der Waals surface area contributed by atoms with E-state index in [1.54, 1.807) is 18.2 Å². The van der Waals surface area contributed by atoms with Crippen molar-refractivity contribution in [2.24, 2.45) is 0 Å². The first kappa shape index (κ1) is 27.7. The fourth-order valence-corrected chi connectivity index (χ4v) is 4.71. The Labute approximate surface area is 230 Å². The molecule has 2 aliphatic rings. The average Bonchev–Trinajstić information content (AvgIpc) is 2.94. The summed E-state index contributed by atoms with van der Waals surface area (Å²) in [7, 11) is 0. The number of aromatic nitrogens is 2. The summed E-state index contributed by atoms with van der Waals surface area (Å²) in [4.78, 5) is 25.9. The molecule has 3 aromatic rings. The van der Waals surface area contributed by atoms with Gasteiger partial charge in [-0.15, -0.1) is 0 Å². The summed E-state index contributed by atoms with van der Waals surface area (Å²) in [6.07, 6.45) is -3.20. The summed E-state index contributed by atoms with van der Waals surface area (Å²) < 4.78 is 52.8. The van der Waals surface area contributed by atoms with Gasteiger partial charge in [-0.25, -0.2) is 4.98 Å². The van der Waals surface area contributed by atoms with Gasteiger partial charge in [-0.3, -0.25) is 9.69 Å². The average molecular weight is 557 g/mol. The van der Waals surface area contributed by atoms with Crippen LogP contribution >= 0.6 is 0 Å². The lowest BCUT2D eigenvalue weighted by Crippen LogP contribution is -2.45. The number of ether oxygens (including phenoxy) is 2. The van der Waals surface area contributed by atoms with Crippen molar-refractivity contribution in [2.75, 3.05) is 56.5 Å². The van der Waals surface area contributed by atoms with Gasteiger partial charge in [0, 0.05) is 44.0 Å². The van der Waals surface area contributed by atoms with E-state index in [1.807, 2.05) is 6.92 Å². The van der Waals surface area contributed by atoms with Crippen molar-refractivity contribution in [3.63, 3.8) is 0 Å². The Balaban J connectivity index is 1.35. The lowest BCUT2D eigenvalue weighted by atomic mass is 10.1. The second kappa shape index (κ2) is 11.7. The van der Waals surface area contributed by atoms with Gasteiger partial charge in [-0.1, -0.05) is 13.0 Å². The Morgan fingerprint density at radius 1 is 1.10 bits per heavy atom. The summed E-state index contributed by atoms with van der Waals surface area (Å²) in [5.74, 6) is 0.874. The third-order valence-electron chi connectivity index (χ3n) is 6.97. The number of nitrogens with zero attached hydrogens (tertiary/aromatic N) is 4. The Kier molecular flexibility index (Phi) is 8.08. The Bertz CT molecular complexity index is 1380. The number of carbonyl (C=O) groups is 1. The highest BCUT2D eigenvalue weighted by molar-refractivity contribution is 6.04. The van der Waals surface area contributed by atoms with Crippen molar-refractivity contribution in [2.45, 2.75) is 26.6 Å². The van der Waals surface area contributed by atoms with Gasteiger partial charge in [0.2, 0.25) is 5.75 Å². The third kappa shape index (κ3) is 6.45. The number of carbonyl (C=O) groups excluding carboxylic acids is 1. The van der Waals surface area contributed by atoms with E-state index >= 15 is 0 Å². The first-order chi connectivity index (χ1) is 19.2. The van der Waals surface area contributed by atoms with Crippen molar-refractivity contribution in [3.05, 3.63) is 65.0 Å². The number of halogens is 3. The van der Waals surface area contributed by atoms with Gasteiger partial charge in [0.25, 0.3) is 11.8 Å². The molecule has 0 unspecified atom stereocenters. The molecule has 212 valence electrons. The molecule has 2 aromatic carbocycles. The fraction of sp³-hybridized carbons (Fsp3) is 0.393. The molecule has 2 aliphatic heterocycles. The number of amides is 1. The molecular formula is C28H31F3N6O3. The van der Waals surface area contributed by atoms with Crippen molar-refractivity contribution in [1.29, 1.82) is 0 Å². The van der Waals surface area contributed by atoms with Gasteiger partial charge in [-0.05, 0) is 54.9 Å². The number of anilines is 2. The van der Waals surface area contributed by atoms with Crippen molar-refractivity contribution in [3.8, 4) is 17.4 Å². The fourth-order valence-electron chi connectivity index (χ4n) is 4.71. The number of fused-ring (bicyclic) bond motifs is 1. The van der Waals surface area contributed by atoms with Gasteiger partial charge in [0.1, 0.15) is 18.7 Å². The molecule has 1 fully saturated rings. The van der Waals surface area contributed by atoms with Crippen LogP contribution in [0.5, 0.6) is 17.4 Å². The molecule has 0 bridgehead atoms. The predicted molar refractivity (Wildman–Crippen MR) is 144 cm³/mol. The quantitative estimate of drug-likeness (QED) is 0.429. The maximum absolute atomic E-state index is 13.7. The Morgan fingerprint density at radius 3 is 2.62 bits per heavy atom. The molecule has 1 aromatic heterocycles. The highest BCUT2D eigenvalue weighted by atomic mass is 19.4. The number of alkyl halides is 3. The van der Waals surface area contributed by atoms with Crippen LogP contribution in [0.25, 0.3) is 0 Å². The lowest BCUT2D eigenvalue weighted by molar-refractivity contribution is -0.137. The van der Waals surface area contributed by atoms with Crippen LogP contribution in [0.3, 0.4) is 0 Å². The van der Waals surface area contributed by atoms with E-state index in [0.717, 1.165) is 50.4 Å². The molecule has 1 amide bonds. The zero-order valence-electron chi connectivity index (χ0n) is 22.3. The third-order valence-corrected chi connectivity index (χ3v) is 6.97. The van der Waals surface area contributed by atoms with E-state index in [4.69, 9.17) is 9.47 Å². The van der Waals surface area contributed by atoms with Crippen LogP contribution in [0.2, 0.25) is 0 Å². The van der Waals surface area contributed by atoms with Crippen LogP contribution in [-0.2, 0) is 12.7 Å². The number of hydrogen-bond donors (Lipinski definition) is 2. The molecule has 0 spiro atoms. The number of aryl methyl sites for hydroxylation is 1. The summed E-state index contributed by atoms with van der Waals surface area (Å²) >= 11 is 0. The molecule has 0 radical (unpaired) electrons. The molecule has 5 rings (SSSR count). The van der Waals surface area contributed by atoms with E-state index in [-0.39, 0.29) is 17.1 Å². The molecule has 40 heavy (non-hydrogen) atoms. The van der Waals surface area contributed by atoms with Gasteiger partial charge >= 0.3 is 6.18 Å². The second-order valence-corrected chi connectivity index (χ2v) is 9.80. The molecule has 0 atom stereocenters. The van der Waals surface area contributed by atoms with Gasteiger partial charge in [0.15, 0.2) is 5.82 Å². The molecule has 12 heteroatoms. The van der Waals surface area contributed by atoms with E-state index in [1.165, 1.54) is 12.4 Å². The zero-order valence-corrected chi connectivity index (χ0v) is 22.3. The first-order valence-electron chi connectivity index (χ1n) is 13.2. The molecule has 2 N–H and O–H groups in total. The van der Waals surface area contributed by atoms with Gasteiger partial charge in [0.05, 0.1) is 12.1 Å². The van der Waals surface area contributed by atoms with Crippen LogP contribution in [0.4, 0.5) is 24.7 Å².